The van der Waals surface area contributed by atoms with Gasteiger partial charge in [-0.15, -0.1) is 0 Å². The lowest BCUT2D eigenvalue weighted by Gasteiger charge is -2.32. The topological polar surface area (TPSA) is 71.1 Å². The van der Waals surface area contributed by atoms with E-state index in [1.54, 1.807) is 19.1 Å². The molecule has 0 aromatic heterocycles. The minimum absolute atomic E-state index is 0.0437. The van der Waals surface area contributed by atoms with Gasteiger partial charge in [0.15, 0.2) is 11.5 Å². The molecule has 2 aromatic rings. The van der Waals surface area contributed by atoms with Gasteiger partial charge in [0, 0.05) is 25.3 Å². The molecule has 0 radical (unpaired) electrons. The zero-order valence-electron chi connectivity index (χ0n) is 24.4. The second-order valence-corrected chi connectivity index (χ2v) is 11.2. The number of hydrogen-bond donors (Lipinski definition) is 1. The molecule has 2 aromatic carbocycles. The van der Waals surface area contributed by atoms with Gasteiger partial charge in [-0.3, -0.25) is 4.79 Å². The highest BCUT2D eigenvalue weighted by atomic mass is 16.5. The van der Waals surface area contributed by atoms with Crippen molar-refractivity contribution in [3.05, 3.63) is 52.6 Å². The van der Waals surface area contributed by atoms with Gasteiger partial charge in [0.05, 0.1) is 14.2 Å². The van der Waals surface area contributed by atoms with E-state index in [-0.39, 0.29) is 30.3 Å². The van der Waals surface area contributed by atoms with Crippen LogP contribution >= 0.6 is 0 Å². The van der Waals surface area contributed by atoms with Gasteiger partial charge in [-0.05, 0) is 65.0 Å². The maximum absolute atomic E-state index is 13.7. The van der Waals surface area contributed by atoms with Gasteiger partial charge in [0.2, 0.25) is 5.91 Å². The van der Waals surface area contributed by atoms with Crippen molar-refractivity contribution in [1.82, 2.24) is 9.80 Å². The van der Waals surface area contributed by atoms with E-state index < -0.39 is 0 Å². The molecule has 0 fully saturated rings. The van der Waals surface area contributed by atoms with Gasteiger partial charge in [-0.25, -0.2) is 4.79 Å². The first-order valence-electron chi connectivity index (χ1n) is 13.8. The van der Waals surface area contributed by atoms with Crippen LogP contribution in [0.15, 0.2) is 30.3 Å². The molecule has 0 unspecified atom stereocenters. The number of fused-ring (bicyclic) bond motifs is 1. The summed E-state index contributed by atoms with van der Waals surface area (Å²) in [5.74, 6) is 2.25. The standard InChI is InChI=1S/C31H45N3O4/c1-20(2)12-14-34(31(36)32-30-25(21(3)4)10-9-11-26(30)22(5)6)19-29(35)33-15-13-23-16-27(37-7)28(38-8)17-24(23)18-33/h9-11,16-17,20-22H,12-15,18-19H2,1-8H3,(H,32,36). The van der Waals surface area contributed by atoms with Crippen LogP contribution in [-0.4, -0.2) is 55.6 Å². The van der Waals surface area contributed by atoms with Crippen LogP contribution < -0.4 is 14.8 Å². The first-order chi connectivity index (χ1) is 18.0. The van der Waals surface area contributed by atoms with Gasteiger partial charge < -0.3 is 24.6 Å². The summed E-state index contributed by atoms with van der Waals surface area (Å²) in [4.78, 5) is 30.7. The maximum atomic E-state index is 13.7. The number of urea groups is 1. The number of hydrogen-bond acceptors (Lipinski definition) is 4. The Balaban J connectivity index is 1.80. The fourth-order valence-corrected chi connectivity index (χ4v) is 4.91. The third-order valence-corrected chi connectivity index (χ3v) is 7.27. The van der Waals surface area contributed by atoms with E-state index in [9.17, 15) is 9.59 Å². The molecule has 38 heavy (non-hydrogen) atoms. The number of methoxy groups -OCH3 is 2. The van der Waals surface area contributed by atoms with Gasteiger partial charge in [0.25, 0.3) is 0 Å². The molecule has 7 heteroatoms. The summed E-state index contributed by atoms with van der Waals surface area (Å²) in [7, 11) is 3.24. The average molecular weight is 524 g/mol. The minimum Gasteiger partial charge on any atom is -0.493 e. The van der Waals surface area contributed by atoms with Gasteiger partial charge in [-0.1, -0.05) is 59.7 Å². The molecule has 1 aliphatic heterocycles. The lowest BCUT2D eigenvalue weighted by Crippen LogP contribution is -2.46. The van der Waals surface area contributed by atoms with Crippen molar-refractivity contribution in [2.24, 2.45) is 5.92 Å². The van der Waals surface area contributed by atoms with E-state index in [1.165, 1.54) is 0 Å². The Morgan fingerprint density at radius 3 is 2.05 bits per heavy atom. The van der Waals surface area contributed by atoms with E-state index in [0.717, 1.165) is 40.8 Å². The van der Waals surface area contributed by atoms with Crippen LogP contribution in [0, 0.1) is 5.92 Å². The van der Waals surface area contributed by atoms with Crippen LogP contribution in [0.3, 0.4) is 0 Å². The van der Waals surface area contributed by atoms with Crippen molar-refractivity contribution in [3.8, 4) is 11.5 Å². The average Bonchev–Trinajstić information content (AvgIpc) is 2.89. The monoisotopic (exact) mass is 523 g/mol. The van der Waals surface area contributed by atoms with Gasteiger partial charge in [-0.2, -0.15) is 0 Å². The number of rotatable bonds is 10. The highest BCUT2D eigenvalue weighted by molar-refractivity contribution is 5.94. The van der Waals surface area contributed by atoms with Crippen LogP contribution in [0.2, 0.25) is 0 Å². The summed E-state index contributed by atoms with van der Waals surface area (Å²) >= 11 is 0. The molecule has 1 N–H and O–H groups in total. The zero-order chi connectivity index (χ0) is 28.0. The minimum atomic E-state index is -0.224. The Morgan fingerprint density at radius 2 is 1.53 bits per heavy atom. The Bertz CT molecular complexity index is 1100. The van der Waals surface area contributed by atoms with Gasteiger partial charge in [0.1, 0.15) is 6.54 Å². The van der Waals surface area contributed by atoms with Crippen LogP contribution in [0.1, 0.15) is 82.1 Å². The van der Waals surface area contributed by atoms with Crippen molar-refractivity contribution in [1.29, 1.82) is 0 Å². The first kappa shape index (κ1) is 29.3. The Morgan fingerprint density at radius 1 is 0.947 bits per heavy atom. The zero-order valence-corrected chi connectivity index (χ0v) is 24.4. The van der Waals surface area contributed by atoms with E-state index in [1.807, 2.05) is 17.0 Å². The van der Waals surface area contributed by atoms with Crippen LogP contribution in [0.25, 0.3) is 0 Å². The number of carbonyl (C=O) groups is 2. The summed E-state index contributed by atoms with van der Waals surface area (Å²) < 4.78 is 10.9. The smallest absolute Gasteiger partial charge is 0.322 e. The van der Waals surface area contributed by atoms with Gasteiger partial charge >= 0.3 is 6.03 Å². The fourth-order valence-electron chi connectivity index (χ4n) is 4.91. The summed E-state index contributed by atoms with van der Waals surface area (Å²) in [5.41, 5.74) is 5.30. The molecule has 0 saturated carbocycles. The maximum Gasteiger partial charge on any atom is 0.322 e. The molecule has 7 nitrogen and oxygen atoms in total. The molecule has 0 bridgehead atoms. The van der Waals surface area contributed by atoms with Crippen LogP contribution in [0.4, 0.5) is 10.5 Å². The predicted molar refractivity (Wildman–Crippen MR) is 153 cm³/mol. The summed E-state index contributed by atoms with van der Waals surface area (Å²) in [6.07, 6.45) is 1.56. The van der Waals surface area contributed by atoms with Crippen molar-refractivity contribution in [2.45, 2.75) is 72.8 Å². The number of ether oxygens (including phenoxy) is 2. The van der Waals surface area contributed by atoms with E-state index in [0.29, 0.717) is 37.1 Å². The number of benzene rings is 2. The molecule has 1 heterocycles. The number of amides is 3. The second-order valence-electron chi connectivity index (χ2n) is 11.2. The Kier molecular flexibility index (Phi) is 10.1. The fraction of sp³-hybridized carbons (Fsp3) is 0.548. The normalized spacial score (nSPS) is 13.1. The molecular formula is C31H45N3O4. The molecule has 3 rings (SSSR count). The third kappa shape index (κ3) is 7.00. The quantitative estimate of drug-likeness (QED) is 0.390. The second kappa shape index (κ2) is 13.0. The molecule has 0 saturated heterocycles. The van der Waals surface area contributed by atoms with Crippen LogP contribution in [-0.2, 0) is 17.8 Å². The summed E-state index contributed by atoms with van der Waals surface area (Å²) in [6, 6.07) is 9.93. The van der Waals surface area contributed by atoms with Crippen molar-refractivity contribution >= 4 is 17.6 Å². The lowest BCUT2D eigenvalue weighted by atomic mass is 9.93. The number of anilines is 1. The molecule has 0 spiro atoms. The number of nitrogens with zero attached hydrogens (tertiary/aromatic N) is 2. The molecular weight excluding hydrogens is 478 g/mol. The van der Waals surface area contributed by atoms with E-state index in [2.05, 4.69) is 65.1 Å². The molecule has 1 aliphatic rings. The Hall–Kier alpha value is -3.22. The summed E-state index contributed by atoms with van der Waals surface area (Å²) in [5, 5.41) is 3.20. The van der Waals surface area contributed by atoms with Crippen molar-refractivity contribution in [2.75, 3.05) is 39.2 Å². The van der Waals surface area contributed by atoms with E-state index in [4.69, 9.17) is 9.47 Å². The molecule has 0 aliphatic carbocycles. The SMILES string of the molecule is COc1cc2c(cc1OC)CN(C(=O)CN(CCC(C)C)C(=O)Nc1c(C(C)C)cccc1C(C)C)CC2. The number of para-hydroxylation sites is 1. The summed E-state index contributed by atoms with van der Waals surface area (Å²) in [6.45, 7) is 14.5. The van der Waals surface area contributed by atoms with Crippen LogP contribution in [0.5, 0.6) is 11.5 Å². The third-order valence-electron chi connectivity index (χ3n) is 7.27. The molecule has 0 atom stereocenters. The van der Waals surface area contributed by atoms with Crippen molar-refractivity contribution < 1.29 is 19.1 Å². The molecule has 208 valence electrons. The number of carbonyl (C=O) groups excluding carboxylic acids is 2. The molecule has 3 amide bonds. The largest absolute Gasteiger partial charge is 0.493 e. The van der Waals surface area contributed by atoms with Crippen molar-refractivity contribution in [3.63, 3.8) is 0 Å². The number of nitrogens with one attached hydrogen (secondary N) is 1. The first-order valence-corrected chi connectivity index (χ1v) is 13.8. The highest BCUT2D eigenvalue weighted by Gasteiger charge is 2.27. The Labute approximate surface area is 228 Å². The predicted octanol–water partition coefficient (Wildman–Crippen LogP) is 6.42. The van der Waals surface area contributed by atoms with E-state index >= 15 is 0 Å². The highest BCUT2D eigenvalue weighted by Crippen LogP contribution is 2.34. The lowest BCUT2D eigenvalue weighted by molar-refractivity contribution is -0.132.